The lowest BCUT2D eigenvalue weighted by atomic mass is 9.69. The molecule has 5 atom stereocenters. The molecule has 0 rings (SSSR count). The van der Waals surface area contributed by atoms with Crippen molar-refractivity contribution >= 4 is 23.6 Å². The van der Waals surface area contributed by atoms with Crippen molar-refractivity contribution in [2.75, 3.05) is 0 Å². The highest BCUT2D eigenvalue weighted by Gasteiger charge is 2.65. The fraction of sp³-hybridized carbons (Fsp3) is 0.667. The van der Waals surface area contributed by atoms with Crippen molar-refractivity contribution in [3.05, 3.63) is 0 Å². The van der Waals surface area contributed by atoms with E-state index in [0.29, 0.717) is 13.8 Å². The smallest absolute Gasteiger partial charge is 0.194 e. The van der Waals surface area contributed by atoms with Gasteiger partial charge in [-0.2, -0.15) is 0 Å². The molecule has 0 aliphatic heterocycles. The minimum atomic E-state index is -3.47. The summed E-state index contributed by atoms with van der Waals surface area (Å²) in [5.74, 6) is -3.93. The number of aliphatic hydroxyl groups excluding tert-OH is 3. The maximum absolute atomic E-state index is 11.6. The third kappa shape index (κ3) is 2.92. The minimum absolute atomic E-state index is 0.331. The predicted molar refractivity (Wildman–Crippen MR) is 66.0 cm³/mol. The Balaban J connectivity index is 6.29. The van der Waals surface area contributed by atoms with Crippen LogP contribution in [0.5, 0.6) is 0 Å². The zero-order chi connectivity index (χ0) is 17.2. The molecule has 9 heteroatoms. The topological polar surface area (TPSA) is 169 Å². The molecule has 0 aromatic rings. The van der Waals surface area contributed by atoms with E-state index in [-0.39, 0.29) is 6.29 Å². The summed E-state index contributed by atoms with van der Waals surface area (Å²) in [5, 5.41) is 49.2. The van der Waals surface area contributed by atoms with Crippen LogP contribution in [0.3, 0.4) is 0 Å². The number of ketones is 3. The summed E-state index contributed by atoms with van der Waals surface area (Å²) in [5.41, 5.74) is -6.90. The molecule has 5 N–H and O–H groups in total. The zero-order valence-electron chi connectivity index (χ0n) is 11.7. The predicted octanol–water partition coefficient (Wildman–Crippen LogP) is -3.50. The fourth-order valence-electron chi connectivity index (χ4n) is 1.95. The van der Waals surface area contributed by atoms with Crippen LogP contribution in [-0.2, 0) is 19.2 Å². The first-order chi connectivity index (χ1) is 9.38. The van der Waals surface area contributed by atoms with Gasteiger partial charge < -0.3 is 30.3 Å². The van der Waals surface area contributed by atoms with Gasteiger partial charge in [-0.05, 0) is 20.8 Å². The highest BCUT2D eigenvalue weighted by molar-refractivity contribution is 6.01. The van der Waals surface area contributed by atoms with Gasteiger partial charge in [0.05, 0.1) is 0 Å². The number of rotatable bonds is 8. The molecule has 9 nitrogen and oxygen atoms in total. The lowest BCUT2D eigenvalue weighted by Gasteiger charge is -2.44. The van der Waals surface area contributed by atoms with Crippen molar-refractivity contribution < 1.29 is 44.7 Å². The monoisotopic (exact) mass is 306 g/mol. The molecule has 0 saturated carbocycles. The van der Waals surface area contributed by atoms with Crippen LogP contribution in [0.25, 0.3) is 0 Å². The normalized spacial score (nSPS) is 21.3. The van der Waals surface area contributed by atoms with Crippen LogP contribution in [0.15, 0.2) is 0 Å². The molecule has 5 unspecified atom stereocenters. The second-order valence-corrected chi connectivity index (χ2v) is 4.73. The Labute approximate surface area is 119 Å². The molecule has 21 heavy (non-hydrogen) atoms. The Morgan fingerprint density at radius 2 is 1.29 bits per heavy atom. The minimum Gasteiger partial charge on any atom is -0.386 e. The van der Waals surface area contributed by atoms with Gasteiger partial charge in [-0.3, -0.25) is 14.4 Å². The molecule has 0 aliphatic carbocycles. The van der Waals surface area contributed by atoms with E-state index in [4.69, 9.17) is 0 Å². The summed E-state index contributed by atoms with van der Waals surface area (Å²) in [6.07, 6.45) is -7.88. The number of carbonyl (C=O) groups is 4. The molecule has 0 spiro atoms. The van der Waals surface area contributed by atoms with Crippen LogP contribution >= 0.6 is 0 Å². The summed E-state index contributed by atoms with van der Waals surface area (Å²) in [7, 11) is 0. The SMILES string of the molecule is CC(=O)C(O)C(O)C(O)(C(C)=O)C(O)(C(C)=O)C(O)C=O. The summed E-state index contributed by atoms with van der Waals surface area (Å²) in [6, 6.07) is 0. The van der Waals surface area contributed by atoms with Gasteiger partial charge in [-0.25, -0.2) is 0 Å². The van der Waals surface area contributed by atoms with Gasteiger partial charge in [-0.15, -0.1) is 0 Å². The molecular weight excluding hydrogens is 288 g/mol. The second-order valence-electron chi connectivity index (χ2n) is 4.73. The highest BCUT2D eigenvalue weighted by Crippen LogP contribution is 2.33. The van der Waals surface area contributed by atoms with E-state index in [2.05, 4.69) is 0 Å². The van der Waals surface area contributed by atoms with Crippen molar-refractivity contribution in [3.8, 4) is 0 Å². The van der Waals surface area contributed by atoms with Crippen LogP contribution < -0.4 is 0 Å². The average molecular weight is 306 g/mol. The summed E-state index contributed by atoms with van der Waals surface area (Å²) in [4.78, 5) is 44.9. The van der Waals surface area contributed by atoms with E-state index >= 15 is 0 Å². The highest BCUT2D eigenvalue weighted by atomic mass is 16.4. The number of aldehydes is 1. The first kappa shape index (κ1) is 19.5. The van der Waals surface area contributed by atoms with E-state index in [9.17, 15) is 44.7 Å². The van der Waals surface area contributed by atoms with Gasteiger partial charge in [0.25, 0.3) is 0 Å². The zero-order valence-corrected chi connectivity index (χ0v) is 11.7. The first-order valence-corrected chi connectivity index (χ1v) is 5.85. The second kappa shape index (κ2) is 6.50. The van der Waals surface area contributed by atoms with Crippen molar-refractivity contribution in [3.63, 3.8) is 0 Å². The van der Waals surface area contributed by atoms with Crippen molar-refractivity contribution in [1.29, 1.82) is 0 Å². The van der Waals surface area contributed by atoms with E-state index in [1.54, 1.807) is 0 Å². The number of aliphatic hydroxyl groups is 5. The third-order valence-corrected chi connectivity index (χ3v) is 3.36. The molecule has 0 bridgehead atoms. The lowest BCUT2D eigenvalue weighted by molar-refractivity contribution is -0.232. The number of carbonyl (C=O) groups excluding carboxylic acids is 4. The van der Waals surface area contributed by atoms with Gasteiger partial charge in [0.2, 0.25) is 0 Å². The van der Waals surface area contributed by atoms with E-state index in [0.717, 1.165) is 6.92 Å². The lowest BCUT2D eigenvalue weighted by Crippen LogP contribution is -2.75. The Bertz CT molecular complexity index is 460. The molecule has 0 aromatic carbocycles. The molecule has 0 aromatic heterocycles. The maximum Gasteiger partial charge on any atom is 0.194 e. The molecular formula is C12H18O9. The summed E-state index contributed by atoms with van der Waals surface area (Å²) < 4.78 is 0. The van der Waals surface area contributed by atoms with Crippen molar-refractivity contribution in [2.45, 2.75) is 50.3 Å². The molecule has 120 valence electrons. The molecule has 0 radical (unpaired) electrons. The van der Waals surface area contributed by atoms with Crippen LogP contribution in [0.2, 0.25) is 0 Å². The van der Waals surface area contributed by atoms with Gasteiger partial charge in [0, 0.05) is 0 Å². The van der Waals surface area contributed by atoms with E-state index < -0.39 is 46.9 Å². The van der Waals surface area contributed by atoms with Crippen LogP contribution in [0.4, 0.5) is 0 Å². The summed E-state index contributed by atoms with van der Waals surface area (Å²) in [6.45, 7) is 2.10. The molecule has 0 saturated heterocycles. The van der Waals surface area contributed by atoms with Gasteiger partial charge in [0.1, 0.15) is 18.3 Å². The van der Waals surface area contributed by atoms with Gasteiger partial charge >= 0.3 is 0 Å². The van der Waals surface area contributed by atoms with Crippen LogP contribution in [0.1, 0.15) is 20.8 Å². The Hall–Kier alpha value is -1.52. The average Bonchev–Trinajstić information content (AvgIpc) is 2.41. The van der Waals surface area contributed by atoms with Crippen molar-refractivity contribution in [1.82, 2.24) is 0 Å². The quantitative estimate of drug-likeness (QED) is 0.285. The number of hydrogen-bond donors (Lipinski definition) is 5. The third-order valence-electron chi connectivity index (χ3n) is 3.36. The van der Waals surface area contributed by atoms with E-state index in [1.807, 2.05) is 0 Å². The Kier molecular flexibility index (Phi) is 6.03. The van der Waals surface area contributed by atoms with Gasteiger partial charge in [-0.1, -0.05) is 0 Å². The maximum atomic E-state index is 11.6. The first-order valence-electron chi connectivity index (χ1n) is 5.85. The Morgan fingerprint density at radius 1 is 0.905 bits per heavy atom. The Morgan fingerprint density at radius 3 is 1.52 bits per heavy atom. The van der Waals surface area contributed by atoms with Crippen LogP contribution in [0, 0.1) is 0 Å². The number of hydrogen-bond acceptors (Lipinski definition) is 9. The fourth-order valence-corrected chi connectivity index (χ4v) is 1.95. The van der Waals surface area contributed by atoms with Crippen molar-refractivity contribution in [2.24, 2.45) is 0 Å². The largest absolute Gasteiger partial charge is 0.386 e. The molecule has 0 heterocycles. The molecule has 0 amide bonds. The van der Waals surface area contributed by atoms with Crippen LogP contribution in [-0.4, -0.2) is 78.7 Å². The van der Waals surface area contributed by atoms with E-state index in [1.165, 1.54) is 0 Å². The van der Waals surface area contributed by atoms with Gasteiger partial charge in [0.15, 0.2) is 34.8 Å². The number of Topliss-reactive ketones (excluding diaryl/α,β-unsaturated/α-hetero) is 3. The standard InChI is InChI=1S/C12H18O9/c1-5(14)9(18)10(19)12(21,7(3)16)11(20,6(2)15)8(17)4-13/h4,8-10,17-21H,1-3H3. The summed E-state index contributed by atoms with van der Waals surface area (Å²) >= 11 is 0. The molecule has 0 fully saturated rings. The molecule has 0 aliphatic rings.